The molecule has 0 fully saturated rings. The van der Waals surface area contributed by atoms with Gasteiger partial charge in [-0.15, -0.1) is 0 Å². The van der Waals surface area contributed by atoms with Crippen LogP contribution in [0.1, 0.15) is 32.8 Å². The number of likely N-dealkylation sites (N-methyl/N-ethyl adjacent to an activating group) is 1. The summed E-state index contributed by atoms with van der Waals surface area (Å²) in [4.78, 5) is 14.2. The molecule has 0 aliphatic rings. The Morgan fingerprint density at radius 1 is 1.48 bits per heavy atom. The maximum absolute atomic E-state index is 12.5. The number of hydrogen-bond acceptors (Lipinski definition) is 3. The minimum atomic E-state index is -0.955. The van der Waals surface area contributed by atoms with Gasteiger partial charge in [-0.05, 0) is 38.3 Å². The van der Waals surface area contributed by atoms with E-state index in [9.17, 15) is 10.1 Å². The van der Waals surface area contributed by atoms with Crippen LogP contribution in [0.3, 0.4) is 0 Å². The molecule has 0 bridgehead atoms. The molecule has 0 aliphatic heterocycles. The second kappa shape index (κ2) is 7.12. The predicted octanol–water partition coefficient (Wildman–Crippen LogP) is 3.02. The molecular weight excluding hydrogens is 264 g/mol. The second-order valence-corrected chi connectivity index (χ2v) is 5.58. The number of nitriles is 1. The van der Waals surface area contributed by atoms with E-state index in [1.54, 1.807) is 26.0 Å². The molecule has 4 nitrogen and oxygen atoms in total. The van der Waals surface area contributed by atoms with Gasteiger partial charge in [0.1, 0.15) is 11.2 Å². The number of carbonyl (C=O) groups is 1. The molecule has 1 aromatic carbocycles. The van der Waals surface area contributed by atoms with Crippen LogP contribution in [0.25, 0.3) is 0 Å². The first-order valence-electron chi connectivity index (χ1n) is 7.20. The summed E-state index contributed by atoms with van der Waals surface area (Å²) in [5.41, 5.74) is 0.103. The third kappa shape index (κ3) is 3.75. The normalized spacial score (nSPS) is 14.7. The number of rotatable bonds is 6. The van der Waals surface area contributed by atoms with E-state index < -0.39 is 5.41 Å². The molecule has 1 rings (SSSR count). The van der Waals surface area contributed by atoms with Crippen LogP contribution < -0.4 is 4.74 Å². The Balaban J connectivity index is 2.87. The molecule has 0 radical (unpaired) electrons. The Kier molecular flexibility index (Phi) is 5.78. The summed E-state index contributed by atoms with van der Waals surface area (Å²) >= 11 is 0. The van der Waals surface area contributed by atoms with Crippen molar-refractivity contribution in [3.8, 4) is 11.8 Å². The molecule has 0 saturated heterocycles. The van der Waals surface area contributed by atoms with Crippen LogP contribution in [0.15, 0.2) is 24.3 Å². The maximum Gasteiger partial charge on any atom is 0.242 e. The first kappa shape index (κ1) is 17.0. The van der Waals surface area contributed by atoms with Crippen LogP contribution in [0, 0.1) is 16.7 Å². The highest BCUT2D eigenvalue weighted by Crippen LogP contribution is 2.25. The van der Waals surface area contributed by atoms with Gasteiger partial charge in [0.15, 0.2) is 0 Å². The van der Waals surface area contributed by atoms with Crippen LogP contribution >= 0.6 is 0 Å². The maximum atomic E-state index is 12.5. The molecule has 0 N–H and O–H groups in total. The van der Waals surface area contributed by atoms with Gasteiger partial charge < -0.3 is 9.64 Å². The lowest BCUT2D eigenvalue weighted by molar-refractivity contribution is -0.138. The average molecular weight is 288 g/mol. The fourth-order valence-corrected chi connectivity index (χ4v) is 2.19. The molecule has 0 saturated carbocycles. The average Bonchev–Trinajstić information content (AvgIpc) is 2.53. The summed E-state index contributed by atoms with van der Waals surface area (Å²) in [5.74, 6) is 0.693. The Morgan fingerprint density at radius 2 is 2.10 bits per heavy atom. The third-order valence-corrected chi connectivity index (χ3v) is 4.12. The minimum absolute atomic E-state index is 0.00646. The lowest BCUT2D eigenvalue weighted by atomic mass is 9.87. The third-order valence-electron chi connectivity index (χ3n) is 4.12. The van der Waals surface area contributed by atoms with Gasteiger partial charge in [0, 0.05) is 13.1 Å². The minimum Gasteiger partial charge on any atom is -0.496 e. The predicted molar refractivity (Wildman–Crippen MR) is 82.9 cm³/mol. The summed E-state index contributed by atoms with van der Waals surface area (Å²) < 4.78 is 5.34. The quantitative estimate of drug-likeness (QED) is 0.808. The van der Waals surface area contributed by atoms with Crippen LogP contribution in [0.4, 0.5) is 0 Å². The van der Waals surface area contributed by atoms with Gasteiger partial charge in [0.2, 0.25) is 5.91 Å². The zero-order valence-electron chi connectivity index (χ0n) is 13.5. The van der Waals surface area contributed by atoms with Gasteiger partial charge in [-0.1, -0.05) is 25.1 Å². The zero-order valence-corrected chi connectivity index (χ0v) is 13.5. The number of amides is 1. The van der Waals surface area contributed by atoms with Crippen molar-refractivity contribution in [2.24, 2.45) is 5.41 Å². The van der Waals surface area contributed by atoms with Crippen molar-refractivity contribution in [3.05, 3.63) is 29.8 Å². The van der Waals surface area contributed by atoms with E-state index in [0.717, 1.165) is 11.3 Å². The van der Waals surface area contributed by atoms with Crippen LogP contribution in [-0.4, -0.2) is 31.0 Å². The SMILES string of the molecule is CCC(C)(C#N)C(=O)N(C)C(C)Cc1ccccc1OC. The van der Waals surface area contributed by atoms with Crippen molar-refractivity contribution in [3.63, 3.8) is 0 Å². The smallest absolute Gasteiger partial charge is 0.242 e. The first-order valence-corrected chi connectivity index (χ1v) is 7.20. The van der Waals surface area contributed by atoms with Gasteiger partial charge >= 0.3 is 0 Å². The molecule has 4 heteroatoms. The molecule has 2 unspecified atom stereocenters. The Bertz CT molecular complexity index is 536. The van der Waals surface area contributed by atoms with Crippen LogP contribution in [0.5, 0.6) is 5.75 Å². The van der Waals surface area contributed by atoms with Crippen LogP contribution in [0.2, 0.25) is 0 Å². The lowest BCUT2D eigenvalue weighted by Gasteiger charge is -2.31. The number of para-hydroxylation sites is 1. The second-order valence-electron chi connectivity index (χ2n) is 5.58. The summed E-state index contributed by atoms with van der Waals surface area (Å²) in [6.07, 6.45) is 1.20. The van der Waals surface area contributed by atoms with E-state index in [1.807, 2.05) is 38.1 Å². The number of hydrogen-bond donors (Lipinski definition) is 0. The number of methoxy groups -OCH3 is 1. The summed E-state index contributed by atoms with van der Waals surface area (Å²) in [7, 11) is 3.40. The number of ether oxygens (including phenoxy) is 1. The molecular formula is C17H24N2O2. The Labute approximate surface area is 127 Å². The molecule has 0 aliphatic carbocycles. The van der Waals surface area contributed by atoms with Gasteiger partial charge in [0.05, 0.1) is 13.2 Å². The fraction of sp³-hybridized carbons (Fsp3) is 0.529. The van der Waals surface area contributed by atoms with Crippen molar-refractivity contribution in [2.45, 2.75) is 39.7 Å². The Morgan fingerprint density at radius 3 is 2.62 bits per heavy atom. The highest BCUT2D eigenvalue weighted by atomic mass is 16.5. The molecule has 1 amide bonds. The van der Waals surface area contributed by atoms with E-state index in [4.69, 9.17) is 4.74 Å². The molecule has 0 spiro atoms. The van der Waals surface area contributed by atoms with Crippen LogP contribution in [-0.2, 0) is 11.2 Å². The van der Waals surface area contributed by atoms with Crippen molar-refractivity contribution in [2.75, 3.05) is 14.2 Å². The van der Waals surface area contributed by atoms with Gasteiger partial charge in [-0.2, -0.15) is 5.26 Å². The largest absolute Gasteiger partial charge is 0.496 e. The lowest BCUT2D eigenvalue weighted by Crippen LogP contribution is -2.44. The molecule has 21 heavy (non-hydrogen) atoms. The number of nitrogens with zero attached hydrogens (tertiary/aromatic N) is 2. The van der Waals surface area contributed by atoms with Gasteiger partial charge in [-0.25, -0.2) is 0 Å². The summed E-state index contributed by atoms with van der Waals surface area (Å²) in [6, 6.07) is 9.92. The van der Waals surface area contributed by atoms with E-state index >= 15 is 0 Å². The standard InChI is InChI=1S/C17H24N2O2/c1-6-17(3,12-18)16(20)19(4)13(2)11-14-9-7-8-10-15(14)21-5/h7-10,13H,6,11H2,1-5H3. The highest BCUT2D eigenvalue weighted by molar-refractivity contribution is 5.85. The molecule has 2 atom stereocenters. The van der Waals surface area contributed by atoms with Crippen molar-refractivity contribution in [1.82, 2.24) is 4.90 Å². The van der Waals surface area contributed by atoms with Crippen molar-refractivity contribution >= 4 is 5.91 Å². The van der Waals surface area contributed by atoms with E-state index in [-0.39, 0.29) is 11.9 Å². The number of benzene rings is 1. The number of carbonyl (C=O) groups excluding carboxylic acids is 1. The fourth-order valence-electron chi connectivity index (χ4n) is 2.19. The Hall–Kier alpha value is -2.02. The molecule has 0 heterocycles. The van der Waals surface area contributed by atoms with E-state index in [2.05, 4.69) is 6.07 Å². The topological polar surface area (TPSA) is 53.3 Å². The highest BCUT2D eigenvalue weighted by Gasteiger charge is 2.35. The zero-order chi connectivity index (χ0) is 16.0. The summed E-state index contributed by atoms with van der Waals surface area (Å²) in [5, 5.41) is 9.24. The molecule has 114 valence electrons. The van der Waals surface area contributed by atoms with E-state index in [0.29, 0.717) is 12.8 Å². The van der Waals surface area contributed by atoms with Gasteiger partial charge in [0.25, 0.3) is 0 Å². The molecule has 0 aromatic heterocycles. The van der Waals surface area contributed by atoms with Gasteiger partial charge in [-0.3, -0.25) is 4.79 Å². The first-order chi connectivity index (χ1) is 9.89. The van der Waals surface area contributed by atoms with Crippen molar-refractivity contribution < 1.29 is 9.53 Å². The molecule has 1 aromatic rings. The van der Waals surface area contributed by atoms with E-state index in [1.165, 1.54) is 0 Å². The van der Waals surface area contributed by atoms with Crippen molar-refractivity contribution in [1.29, 1.82) is 5.26 Å². The monoisotopic (exact) mass is 288 g/mol. The summed E-state index contributed by atoms with van der Waals surface area (Å²) in [6.45, 7) is 5.54.